The molecule has 1 heterocycles. The molecule has 3 aromatic carbocycles. The summed E-state index contributed by atoms with van der Waals surface area (Å²) < 4.78 is 5.50. The Labute approximate surface area is 175 Å². The molecule has 3 aromatic rings. The van der Waals surface area contributed by atoms with Gasteiger partial charge in [0.1, 0.15) is 11.4 Å². The Morgan fingerprint density at radius 2 is 1.60 bits per heavy atom. The van der Waals surface area contributed by atoms with Gasteiger partial charge in [-0.3, -0.25) is 9.59 Å². The number of imide groups is 1. The van der Waals surface area contributed by atoms with Crippen molar-refractivity contribution in [2.75, 3.05) is 16.8 Å². The molecule has 0 atom stereocenters. The SMILES string of the molecule is CCOc1ccc(C2=C(Nc3ccccc3)C(=O)N(c3cccc(C)c3)C2=O)cc1. The maximum absolute atomic E-state index is 13.4. The number of ether oxygens (including phenoxy) is 1. The Hall–Kier alpha value is -3.86. The molecule has 5 nitrogen and oxygen atoms in total. The van der Waals surface area contributed by atoms with Gasteiger partial charge in [0.05, 0.1) is 17.9 Å². The average molecular weight is 398 g/mol. The molecule has 0 aromatic heterocycles. The largest absolute Gasteiger partial charge is 0.494 e. The van der Waals surface area contributed by atoms with Gasteiger partial charge in [-0.1, -0.05) is 42.5 Å². The Morgan fingerprint density at radius 3 is 2.27 bits per heavy atom. The predicted molar refractivity (Wildman–Crippen MR) is 118 cm³/mol. The number of aryl methyl sites for hydroxylation is 1. The molecule has 1 aliphatic rings. The summed E-state index contributed by atoms with van der Waals surface area (Å²) in [5, 5.41) is 3.16. The van der Waals surface area contributed by atoms with Crippen molar-refractivity contribution in [1.82, 2.24) is 0 Å². The van der Waals surface area contributed by atoms with Crippen LogP contribution in [0.4, 0.5) is 11.4 Å². The van der Waals surface area contributed by atoms with Crippen molar-refractivity contribution >= 4 is 28.8 Å². The van der Waals surface area contributed by atoms with E-state index in [2.05, 4.69) is 5.32 Å². The first-order chi connectivity index (χ1) is 14.6. The predicted octanol–water partition coefficient (Wildman–Crippen LogP) is 4.79. The Morgan fingerprint density at radius 1 is 0.867 bits per heavy atom. The lowest BCUT2D eigenvalue weighted by molar-refractivity contribution is -0.120. The van der Waals surface area contributed by atoms with E-state index in [9.17, 15) is 9.59 Å². The summed E-state index contributed by atoms with van der Waals surface area (Å²) in [5.41, 5.74) is 3.53. The van der Waals surface area contributed by atoms with E-state index in [4.69, 9.17) is 4.74 Å². The molecule has 0 saturated carbocycles. The van der Waals surface area contributed by atoms with Crippen LogP contribution in [0.5, 0.6) is 5.75 Å². The van der Waals surface area contributed by atoms with Crippen LogP contribution in [0, 0.1) is 6.92 Å². The first-order valence-corrected chi connectivity index (χ1v) is 9.83. The zero-order valence-electron chi connectivity index (χ0n) is 16.9. The standard InChI is InChI=1S/C25H22N2O3/c1-3-30-21-14-12-18(13-15-21)22-23(26-19-9-5-4-6-10-19)25(29)27(24(22)28)20-11-7-8-17(2)16-20/h4-16,26H,3H2,1-2H3. The molecule has 150 valence electrons. The van der Waals surface area contributed by atoms with Crippen LogP contribution in [-0.2, 0) is 9.59 Å². The van der Waals surface area contributed by atoms with Gasteiger partial charge in [0.2, 0.25) is 0 Å². The summed E-state index contributed by atoms with van der Waals surface area (Å²) >= 11 is 0. The zero-order valence-corrected chi connectivity index (χ0v) is 16.9. The van der Waals surface area contributed by atoms with E-state index in [1.165, 1.54) is 4.90 Å². The van der Waals surface area contributed by atoms with Gasteiger partial charge in [0.15, 0.2) is 0 Å². The van der Waals surface area contributed by atoms with E-state index in [0.717, 1.165) is 11.3 Å². The summed E-state index contributed by atoms with van der Waals surface area (Å²) in [6, 6.07) is 23.9. The third kappa shape index (κ3) is 3.70. The second-order valence-electron chi connectivity index (χ2n) is 6.98. The van der Waals surface area contributed by atoms with Crippen LogP contribution in [0.1, 0.15) is 18.1 Å². The summed E-state index contributed by atoms with van der Waals surface area (Å²) in [6.45, 7) is 4.40. The first-order valence-electron chi connectivity index (χ1n) is 9.83. The quantitative estimate of drug-likeness (QED) is 0.607. The van der Waals surface area contributed by atoms with Gasteiger partial charge in [-0.15, -0.1) is 0 Å². The average Bonchev–Trinajstić information content (AvgIpc) is 2.99. The minimum atomic E-state index is -0.377. The zero-order chi connectivity index (χ0) is 21.1. The molecule has 0 unspecified atom stereocenters. The van der Waals surface area contributed by atoms with Crippen LogP contribution in [0.25, 0.3) is 5.57 Å². The van der Waals surface area contributed by atoms with Crippen molar-refractivity contribution in [3.05, 3.63) is 95.7 Å². The van der Waals surface area contributed by atoms with Gasteiger partial charge in [-0.2, -0.15) is 0 Å². The highest BCUT2D eigenvalue weighted by molar-refractivity contribution is 6.46. The van der Waals surface area contributed by atoms with Gasteiger partial charge in [0, 0.05) is 5.69 Å². The van der Waals surface area contributed by atoms with E-state index in [1.54, 1.807) is 30.3 Å². The second kappa shape index (κ2) is 8.25. The normalized spacial score (nSPS) is 13.7. The molecular formula is C25H22N2O3. The number of benzene rings is 3. The van der Waals surface area contributed by atoms with Crippen molar-refractivity contribution in [2.24, 2.45) is 0 Å². The Kier molecular flexibility index (Phi) is 5.35. The molecule has 30 heavy (non-hydrogen) atoms. The number of hydrogen-bond acceptors (Lipinski definition) is 4. The minimum Gasteiger partial charge on any atom is -0.494 e. The van der Waals surface area contributed by atoms with E-state index in [1.807, 2.05) is 62.4 Å². The van der Waals surface area contributed by atoms with Gasteiger partial charge in [-0.25, -0.2) is 4.90 Å². The fourth-order valence-corrected chi connectivity index (χ4v) is 3.47. The van der Waals surface area contributed by atoms with Gasteiger partial charge < -0.3 is 10.1 Å². The lowest BCUT2D eigenvalue weighted by Gasteiger charge is -2.16. The molecule has 5 heteroatoms. The minimum absolute atomic E-state index is 0.261. The molecule has 0 radical (unpaired) electrons. The van der Waals surface area contributed by atoms with Crippen molar-refractivity contribution < 1.29 is 14.3 Å². The smallest absolute Gasteiger partial charge is 0.282 e. The monoisotopic (exact) mass is 398 g/mol. The fraction of sp³-hybridized carbons (Fsp3) is 0.120. The van der Waals surface area contributed by atoms with Crippen molar-refractivity contribution in [1.29, 1.82) is 0 Å². The van der Waals surface area contributed by atoms with Crippen LogP contribution >= 0.6 is 0 Å². The van der Waals surface area contributed by atoms with Crippen LogP contribution in [0.15, 0.2) is 84.6 Å². The number of nitrogens with one attached hydrogen (secondary N) is 1. The summed E-state index contributed by atoms with van der Waals surface area (Å²) in [5.74, 6) is -0.0155. The number of nitrogens with zero attached hydrogens (tertiary/aromatic N) is 1. The highest BCUT2D eigenvalue weighted by Gasteiger charge is 2.40. The fourth-order valence-electron chi connectivity index (χ4n) is 3.47. The van der Waals surface area contributed by atoms with Crippen LogP contribution in [0.3, 0.4) is 0 Å². The van der Waals surface area contributed by atoms with E-state index < -0.39 is 0 Å². The van der Waals surface area contributed by atoms with Crippen LogP contribution in [0.2, 0.25) is 0 Å². The van der Waals surface area contributed by atoms with Crippen molar-refractivity contribution in [3.63, 3.8) is 0 Å². The topological polar surface area (TPSA) is 58.6 Å². The molecule has 2 amide bonds. The molecular weight excluding hydrogens is 376 g/mol. The summed E-state index contributed by atoms with van der Waals surface area (Å²) in [6.07, 6.45) is 0. The summed E-state index contributed by atoms with van der Waals surface area (Å²) in [7, 11) is 0. The Bertz CT molecular complexity index is 1120. The van der Waals surface area contributed by atoms with E-state index in [-0.39, 0.29) is 17.5 Å². The molecule has 0 bridgehead atoms. The molecule has 4 rings (SSSR count). The number of amides is 2. The Balaban J connectivity index is 1.79. The van der Waals surface area contributed by atoms with Crippen molar-refractivity contribution in [3.8, 4) is 5.75 Å². The number of rotatable bonds is 6. The molecule has 1 aliphatic heterocycles. The molecule has 0 saturated heterocycles. The lowest BCUT2D eigenvalue weighted by atomic mass is 10.0. The highest BCUT2D eigenvalue weighted by atomic mass is 16.5. The molecule has 0 aliphatic carbocycles. The van der Waals surface area contributed by atoms with E-state index in [0.29, 0.717) is 29.2 Å². The maximum Gasteiger partial charge on any atom is 0.282 e. The number of para-hydroxylation sites is 1. The van der Waals surface area contributed by atoms with Crippen LogP contribution < -0.4 is 15.0 Å². The van der Waals surface area contributed by atoms with Gasteiger partial charge >= 0.3 is 0 Å². The third-order valence-corrected chi connectivity index (χ3v) is 4.84. The molecule has 0 spiro atoms. The second-order valence-corrected chi connectivity index (χ2v) is 6.98. The first kappa shape index (κ1) is 19.5. The third-order valence-electron chi connectivity index (χ3n) is 4.84. The van der Waals surface area contributed by atoms with Gasteiger partial charge in [-0.05, 0) is 61.4 Å². The van der Waals surface area contributed by atoms with Crippen molar-refractivity contribution in [2.45, 2.75) is 13.8 Å². The van der Waals surface area contributed by atoms with Crippen LogP contribution in [-0.4, -0.2) is 18.4 Å². The van der Waals surface area contributed by atoms with E-state index >= 15 is 0 Å². The molecule has 1 N–H and O–H groups in total. The molecule has 0 fully saturated rings. The van der Waals surface area contributed by atoms with Gasteiger partial charge in [0.25, 0.3) is 11.8 Å². The highest BCUT2D eigenvalue weighted by Crippen LogP contribution is 2.34. The number of carbonyl (C=O) groups excluding carboxylic acids is 2. The summed E-state index contributed by atoms with van der Waals surface area (Å²) in [4.78, 5) is 28.0. The number of anilines is 2. The number of carbonyl (C=O) groups is 2. The number of hydrogen-bond donors (Lipinski definition) is 1. The maximum atomic E-state index is 13.4. The lowest BCUT2D eigenvalue weighted by Crippen LogP contribution is -2.32.